The summed E-state index contributed by atoms with van der Waals surface area (Å²) in [5.41, 5.74) is 2.44. The molecule has 1 saturated carbocycles. The molecular formula is C16H19F2N3. The van der Waals surface area contributed by atoms with Crippen molar-refractivity contribution in [3.63, 3.8) is 0 Å². The highest BCUT2D eigenvalue weighted by Crippen LogP contribution is 2.47. The lowest BCUT2D eigenvalue weighted by molar-refractivity contribution is -0.0884. The average Bonchev–Trinajstić information content (AvgIpc) is 2.84. The van der Waals surface area contributed by atoms with E-state index in [1.165, 1.54) is 5.56 Å². The van der Waals surface area contributed by atoms with Crippen molar-refractivity contribution in [2.75, 3.05) is 0 Å². The van der Waals surface area contributed by atoms with Crippen LogP contribution in [0.1, 0.15) is 61.3 Å². The molecule has 21 heavy (non-hydrogen) atoms. The molecule has 1 heterocycles. The Kier molecular flexibility index (Phi) is 3.51. The van der Waals surface area contributed by atoms with Crippen molar-refractivity contribution >= 4 is 0 Å². The van der Waals surface area contributed by atoms with Gasteiger partial charge in [0.05, 0.1) is 0 Å². The van der Waals surface area contributed by atoms with Gasteiger partial charge in [0.1, 0.15) is 5.82 Å². The molecule has 1 N–H and O–H groups in total. The molecular weight excluding hydrogens is 272 g/mol. The summed E-state index contributed by atoms with van der Waals surface area (Å²) < 4.78 is 25.7. The first-order valence-corrected chi connectivity index (χ1v) is 7.31. The van der Waals surface area contributed by atoms with Gasteiger partial charge in [0.15, 0.2) is 5.82 Å². The van der Waals surface area contributed by atoms with Crippen LogP contribution in [0.4, 0.5) is 8.78 Å². The van der Waals surface area contributed by atoms with E-state index in [9.17, 15) is 8.78 Å². The second kappa shape index (κ2) is 5.20. The van der Waals surface area contributed by atoms with Gasteiger partial charge < -0.3 is 0 Å². The third-order valence-electron chi connectivity index (χ3n) is 4.02. The zero-order valence-corrected chi connectivity index (χ0v) is 12.2. The normalized spacial score (nSPS) is 18.0. The van der Waals surface area contributed by atoms with E-state index in [-0.39, 0.29) is 18.8 Å². The van der Waals surface area contributed by atoms with Crippen LogP contribution in [-0.2, 0) is 6.42 Å². The van der Waals surface area contributed by atoms with Gasteiger partial charge in [-0.2, -0.15) is 5.10 Å². The zero-order chi connectivity index (χ0) is 15.0. The van der Waals surface area contributed by atoms with E-state index >= 15 is 0 Å². The van der Waals surface area contributed by atoms with E-state index in [0.717, 1.165) is 11.4 Å². The van der Waals surface area contributed by atoms with Gasteiger partial charge in [-0.25, -0.2) is 13.8 Å². The summed E-state index contributed by atoms with van der Waals surface area (Å²) in [4.78, 5) is 4.35. The Morgan fingerprint density at radius 2 is 1.90 bits per heavy atom. The molecule has 112 valence electrons. The molecule has 3 rings (SSSR count). The molecule has 0 saturated heterocycles. The van der Waals surface area contributed by atoms with Crippen molar-refractivity contribution < 1.29 is 8.78 Å². The first kappa shape index (κ1) is 14.2. The molecule has 1 aliphatic rings. The Hall–Kier alpha value is -1.78. The van der Waals surface area contributed by atoms with Crippen LogP contribution in [0, 0.1) is 0 Å². The van der Waals surface area contributed by atoms with E-state index in [2.05, 4.69) is 53.3 Å². The molecule has 0 radical (unpaired) electrons. The number of aromatic amines is 1. The molecule has 1 aromatic heterocycles. The number of aromatic nitrogens is 3. The smallest absolute Gasteiger partial charge is 0.249 e. The molecule has 0 aliphatic heterocycles. The summed E-state index contributed by atoms with van der Waals surface area (Å²) in [6.45, 7) is 4.32. The standard InChI is InChI=1S/C16H19F2N3/c1-10(2)12-5-3-11(4-6-12)7-14-19-15(21-20-14)13-8-16(17,18)9-13/h3-6,10,13H,7-9H2,1-2H3,(H,19,20,21). The van der Waals surface area contributed by atoms with Crippen LogP contribution in [-0.4, -0.2) is 21.1 Å². The molecule has 1 fully saturated rings. The van der Waals surface area contributed by atoms with Crippen molar-refractivity contribution in [3.05, 3.63) is 47.0 Å². The van der Waals surface area contributed by atoms with Gasteiger partial charge in [-0.1, -0.05) is 38.1 Å². The largest absolute Gasteiger partial charge is 0.263 e. The van der Waals surface area contributed by atoms with E-state index in [1.807, 2.05) is 0 Å². The van der Waals surface area contributed by atoms with Crippen LogP contribution in [0.5, 0.6) is 0 Å². The predicted molar refractivity (Wildman–Crippen MR) is 76.6 cm³/mol. The summed E-state index contributed by atoms with van der Waals surface area (Å²) in [7, 11) is 0. The van der Waals surface area contributed by atoms with Crippen LogP contribution in [0.2, 0.25) is 0 Å². The van der Waals surface area contributed by atoms with Crippen molar-refractivity contribution in [2.24, 2.45) is 0 Å². The molecule has 1 aliphatic carbocycles. The third kappa shape index (κ3) is 3.12. The molecule has 0 bridgehead atoms. The Morgan fingerprint density at radius 3 is 2.48 bits per heavy atom. The van der Waals surface area contributed by atoms with Gasteiger partial charge in [0, 0.05) is 25.2 Å². The molecule has 0 spiro atoms. The summed E-state index contributed by atoms with van der Waals surface area (Å²) in [6.07, 6.45) is 0.384. The minimum absolute atomic E-state index is 0.132. The van der Waals surface area contributed by atoms with Gasteiger partial charge >= 0.3 is 0 Å². The number of H-pyrrole nitrogens is 1. The van der Waals surface area contributed by atoms with Crippen LogP contribution in [0.3, 0.4) is 0 Å². The second-order valence-corrected chi connectivity index (χ2v) is 6.17. The number of alkyl halides is 2. The molecule has 0 atom stereocenters. The predicted octanol–water partition coefficient (Wildman–Crippen LogP) is 4.03. The summed E-state index contributed by atoms with van der Waals surface area (Å²) in [5, 5.41) is 6.94. The second-order valence-electron chi connectivity index (χ2n) is 6.17. The summed E-state index contributed by atoms with van der Waals surface area (Å²) in [5.74, 6) is -0.963. The lowest BCUT2D eigenvalue weighted by Crippen LogP contribution is -2.34. The van der Waals surface area contributed by atoms with Crippen LogP contribution < -0.4 is 0 Å². The summed E-state index contributed by atoms with van der Waals surface area (Å²) >= 11 is 0. The zero-order valence-electron chi connectivity index (χ0n) is 12.2. The van der Waals surface area contributed by atoms with Crippen LogP contribution in [0.15, 0.2) is 24.3 Å². The maximum Gasteiger partial charge on any atom is 0.249 e. The van der Waals surface area contributed by atoms with Crippen molar-refractivity contribution in [2.45, 2.75) is 50.9 Å². The Morgan fingerprint density at radius 1 is 1.24 bits per heavy atom. The number of nitrogens with one attached hydrogen (secondary N) is 1. The SMILES string of the molecule is CC(C)c1ccc(Cc2nc(C3CC(F)(F)C3)n[nH]2)cc1. The Bertz CT molecular complexity index is 609. The topological polar surface area (TPSA) is 41.6 Å². The van der Waals surface area contributed by atoms with Gasteiger partial charge in [0.2, 0.25) is 5.92 Å². The minimum Gasteiger partial charge on any atom is -0.263 e. The molecule has 2 aromatic rings. The Labute approximate surface area is 122 Å². The number of halogens is 2. The highest BCUT2D eigenvalue weighted by molar-refractivity contribution is 5.26. The van der Waals surface area contributed by atoms with Gasteiger partial charge in [-0.15, -0.1) is 0 Å². The number of hydrogen-bond acceptors (Lipinski definition) is 2. The first-order chi connectivity index (χ1) is 9.93. The van der Waals surface area contributed by atoms with E-state index < -0.39 is 5.92 Å². The fourth-order valence-corrected chi connectivity index (χ4v) is 2.63. The van der Waals surface area contributed by atoms with Crippen molar-refractivity contribution in [3.8, 4) is 0 Å². The van der Waals surface area contributed by atoms with E-state index in [4.69, 9.17) is 0 Å². The number of nitrogens with zero attached hydrogens (tertiary/aromatic N) is 2. The maximum absolute atomic E-state index is 12.9. The lowest BCUT2D eigenvalue weighted by atomic mass is 9.81. The van der Waals surface area contributed by atoms with Gasteiger partial charge in [-0.3, -0.25) is 5.10 Å². The first-order valence-electron chi connectivity index (χ1n) is 7.31. The number of rotatable bonds is 4. The highest BCUT2D eigenvalue weighted by atomic mass is 19.3. The quantitative estimate of drug-likeness (QED) is 0.924. The average molecular weight is 291 g/mol. The maximum atomic E-state index is 12.9. The van der Waals surface area contributed by atoms with Crippen LogP contribution in [0.25, 0.3) is 0 Å². The molecule has 3 nitrogen and oxygen atoms in total. The Balaban J connectivity index is 1.64. The fourth-order valence-electron chi connectivity index (χ4n) is 2.63. The van der Waals surface area contributed by atoms with Crippen molar-refractivity contribution in [1.82, 2.24) is 15.2 Å². The lowest BCUT2D eigenvalue weighted by Gasteiger charge is -2.32. The van der Waals surface area contributed by atoms with Crippen LogP contribution >= 0.6 is 0 Å². The summed E-state index contributed by atoms with van der Waals surface area (Å²) in [6, 6.07) is 8.39. The molecule has 0 unspecified atom stereocenters. The van der Waals surface area contributed by atoms with Gasteiger partial charge in [-0.05, 0) is 17.0 Å². The van der Waals surface area contributed by atoms with Gasteiger partial charge in [0.25, 0.3) is 0 Å². The molecule has 5 heteroatoms. The minimum atomic E-state index is -2.53. The monoisotopic (exact) mass is 291 g/mol. The van der Waals surface area contributed by atoms with Crippen molar-refractivity contribution in [1.29, 1.82) is 0 Å². The van der Waals surface area contributed by atoms with E-state index in [0.29, 0.717) is 18.2 Å². The number of hydrogen-bond donors (Lipinski definition) is 1. The highest BCUT2D eigenvalue weighted by Gasteiger charge is 2.47. The van der Waals surface area contributed by atoms with E-state index in [1.54, 1.807) is 0 Å². The molecule has 0 amide bonds. The molecule has 1 aromatic carbocycles. The third-order valence-corrected chi connectivity index (χ3v) is 4.02. The number of benzene rings is 1. The fraction of sp³-hybridized carbons (Fsp3) is 0.500.